The van der Waals surface area contributed by atoms with Gasteiger partial charge in [-0.2, -0.15) is 8.57 Å². The van der Waals surface area contributed by atoms with E-state index in [2.05, 4.69) is 4.36 Å². The normalized spacial score (nSPS) is 9.29. The SMILES string of the molecule is CN(C)C(=O)c1cccc(N=S=O)c1. The van der Waals surface area contributed by atoms with Gasteiger partial charge in [0.1, 0.15) is 0 Å². The van der Waals surface area contributed by atoms with Crippen LogP contribution in [0.3, 0.4) is 0 Å². The molecule has 1 rings (SSSR count). The van der Waals surface area contributed by atoms with E-state index in [1.165, 1.54) is 4.90 Å². The van der Waals surface area contributed by atoms with Crippen molar-refractivity contribution in [3.63, 3.8) is 0 Å². The van der Waals surface area contributed by atoms with Gasteiger partial charge in [0.05, 0.1) is 5.69 Å². The standard InChI is InChI=1S/C9H10N2O2S/c1-11(2)9(12)7-4-3-5-8(6-7)10-14-13/h3-6H,1-2H3. The third-order valence-corrected chi connectivity index (χ3v) is 1.93. The third kappa shape index (κ3) is 2.50. The number of hydrogen-bond donors (Lipinski definition) is 0. The van der Waals surface area contributed by atoms with Gasteiger partial charge in [-0.25, -0.2) is 0 Å². The van der Waals surface area contributed by atoms with Crippen LogP contribution in [0.25, 0.3) is 0 Å². The molecule has 0 unspecified atom stereocenters. The fraction of sp³-hybridized carbons (Fsp3) is 0.222. The van der Waals surface area contributed by atoms with Gasteiger partial charge in [-0.05, 0) is 18.2 Å². The number of hydrogen-bond acceptors (Lipinski definition) is 3. The highest BCUT2D eigenvalue weighted by Gasteiger charge is 2.07. The summed E-state index contributed by atoms with van der Waals surface area (Å²) in [5, 5.41) is 0. The summed E-state index contributed by atoms with van der Waals surface area (Å²) in [6.07, 6.45) is 0. The van der Waals surface area contributed by atoms with Crippen LogP contribution >= 0.6 is 0 Å². The molecule has 0 spiro atoms. The van der Waals surface area contributed by atoms with Crippen LogP contribution in [0, 0.1) is 0 Å². The van der Waals surface area contributed by atoms with Gasteiger partial charge in [0.25, 0.3) is 5.91 Å². The molecule has 0 aromatic heterocycles. The molecule has 74 valence electrons. The van der Waals surface area contributed by atoms with Crippen molar-refractivity contribution in [2.24, 2.45) is 4.36 Å². The Labute approximate surface area is 85.8 Å². The fourth-order valence-electron chi connectivity index (χ4n) is 0.997. The van der Waals surface area contributed by atoms with Crippen molar-refractivity contribution >= 4 is 23.1 Å². The summed E-state index contributed by atoms with van der Waals surface area (Å²) >= 11 is 0.134. The van der Waals surface area contributed by atoms with E-state index in [-0.39, 0.29) is 17.4 Å². The quantitative estimate of drug-likeness (QED) is 0.741. The minimum atomic E-state index is -0.0991. The van der Waals surface area contributed by atoms with Gasteiger partial charge < -0.3 is 4.90 Å². The Kier molecular flexibility index (Phi) is 3.53. The highest BCUT2D eigenvalue weighted by Crippen LogP contribution is 2.14. The van der Waals surface area contributed by atoms with Gasteiger partial charge in [0, 0.05) is 19.7 Å². The van der Waals surface area contributed by atoms with Gasteiger partial charge in [-0.3, -0.25) is 4.79 Å². The summed E-state index contributed by atoms with van der Waals surface area (Å²) in [5.41, 5.74) is 1.04. The summed E-state index contributed by atoms with van der Waals surface area (Å²) in [6.45, 7) is 0. The van der Waals surface area contributed by atoms with E-state index in [1.807, 2.05) is 0 Å². The van der Waals surface area contributed by atoms with Gasteiger partial charge in [-0.15, -0.1) is 0 Å². The van der Waals surface area contributed by atoms with Crippen molar-refractivity contribution in [3.8, 4) is 0 Å². The van der Waals surface area contributed by atoms with Crippen molar-refractivity contribution in [1.29, 1.82) is 0 Å². The minimum Gasteiger partial charge on any atom is -0.345 e. The molecule has 0 bridgehead atoms. The number of amides is 1. The zero-order valence-corrected chi connectivity index (χ0v) is 8.75. The van der Waals surface area contributed by atoms with E-state index in [4.69, 9.17) is 0 Å². The molecule has 0 aliphatic heterocycles. The highest BCUT2D eigenvalue weighted by molar-refractivity contribution is 7.54. The summed E-state index contributed by atoms with van der Waals surface area (Å²) in [5.74, 6) is -0.0991. The van der Waals surface area contributed by atoms with E-state index in [1.54, 1.807) is 38.4 Å². The van der Waals surface area contributed by atoms with E-state index in [9.17, 15) is 9.00 Å². The topological polar surface area (TPSA) is 49.7 Å². The van der Waals surface area contributed by atoms with Gasteiger partial charge in [-0.1, -0.05) is 6.07 Å². The minimum absolute atomic E-state index is 0.0991. The van der Waals surface area contributed by atoms with Crippen LogP contribution in [0.1, 0.15) is 10.4 Å². The Morgan fingerprint density at radius 3 is 2.71 bits per heavy atom. The average Bonchev–Trinajstić information content (AvgIpc) is 2.17. The first-order valence-corrected chi connectivity index (χ1v) is 4.66. The van der Waals surface area contributed by atoms with Crippen LogP contribution in [0.2, 0.25) is 0 Å². The Morgan fingerprint density at radius 2 is 2.14 bits per heavy atom. The zero-order chi connectivity index (χ0) is 10.6. The molecule has 14 heavy (non-hydrogen) atoms. The maximum absolute atomic E-state index is 11.5. The molecular formula is C9H10N2O2S. The second-order valence-corrected chi connectivity index (χ2v) is 3.25. The molecule has 0 saturated carbocycles. The van der Waals surface area contributed by atoms with Crippen molar-refractivity contribution in [1.82, 2.24) is 4.90 Å². The highest BCUT2D eigenvalue weighted by atomic mass is 32.1. The lowest BCUT2D eigenvalue weighted by Gasteiger charge is -2.09. The van der Waals surface area contributed by atoms with Crippen LogP contribution in [-0.4, -0.2) is 29.1 Å². The van der Waals surface area contributed by atoms with E-state index in [0.717, 1.165) is 0 Å². The molecule has 0 radical (unpaired) electrons. The smallest absolute Gasteiger partial charge is 0.253 e. The molecule has 5 heteroatoms. The maximum Gasteiger partial charge on any atom is 0.253 e. The Morgan fingerprint density at radius 1 is 1.43 bits per heavy atom. The lowest BCUT2D eigenvalue weighted by molar-refractivity contribution is 0.0827. The van der Waals surface area contributed by atoms with Crippen LogP contribution in [0.5, 0.6) is 0 Å². The van der Waals surface area contributed by atoms with Crippen LogP contribution in [-0.2, 0) is 11.5 Å². The van der Waals surface area contributed by atoms with Crippen LogP contribution < -0.4 is 0 Å². The molecule has 0 aliphatic carbocycles. The van der Waals surface area contributed by atoms with E-state index in [0.29, 0.717) is 11.3 Å². The molecule has 0 heterocycles. The maximum atomic E-state index is 11.5. The molecule has 0 atom stereocenters. The first-order chi connectivity index (χ1) is 6.65. The summed E-state index contributed by atoms with van der Waals surface area (Å²) in [7, 11) is 3.35. The summed E-state index contributed by atoms with van der Waals surface area (Å²) in [4.78, 5) is 13.0. The number of carbonyl (C=O) groups excluding carboxylic acids is 1. The van der Waals surface area contributed by atoms with Crippen LogP contribution in [0.15, 0.2) is 28.6 Å². The fourth-order valence-corrected chi connectivity index (χ4v) is 1.20. The third-order valence-electron chi connectivity index (χ3n) is 1.64. The largest absolute Gasteiger partial charge is 0.345 e. The molecular weight excluding hydrogens is 200 g/mol. The number of carbonyl (C=O) groups is 1. The molecule has 0 N–H and O–H groups in total. The van der Waals surface area contributed by atoms with Crippen molar-refractivity contribution in [2.75, 3.05) is 14.1 Å². The van der Waals surface area contributed by atoms with Crippen molar-refractivity contribution in [3.05, 3.63) is 29.8 Å². The van der Waals surface area contributed by atoms with Gasteiger partial charge in [0.15, 0.2) is 0 Å². The van der Waals surface area contributed by atoms with E-state index >= 15 is 0 Å². The zero-order valence-electron chi connectivity index (χ0n) is 7.93. The van der Waals surface area contributed by atoms with Gasteiger partial charge in [0.2, 0.25) is 11.5 Å². The second-order valence-electron chi connectivity index (χ2n) is 2.92. The number of nitrogens with zero attached hydrogens (tertiary/aromatic N) is 2. The molecule has 1 amide bonds. The predicted molar refractivity (Wildman–Crippen MR) is 54.7 cm³/mol. The Hall–Kier alpha value is -1.49. The van der Waals surface area contributed by atoms with Crippen molar-refractivity contribution in [2.45, 2.75) is 0 Å². The lowest BCUT2D eigenvalue weighted by Crippen LogP contribution is -2.21. The van der Waals surface area contributed by atoms with Crippen molar-refractivity contribution < 1.29 is 9.00 Å². The molecule has 0 saturated heterocycles. The molecule has 1 aromatic carbocycles. The molecule has 0 aliphatic rings. The summed E-state index contributed by atoms with van der Waals surface area (Å²) in [6, 6.07) is 6.66. The molecule has 1 aromatic rings. The number of benzene rings is 1. The lowest BCUT2D eigenvalue weighted by atomic mass is 10.2. The predicted octanol–water partition coefficient (Wildman–Crippen LogP) is 1.42. The van der Waals surface area contributed by atoms with Crippen LogP contribution in [0.4, 0.5) is 5.69 Å². The Bertz CT molecular complexity index is 398. The van der Waals surface area contributed by atoms with Gasteiger partial charge >= 0.3 is 0 Å². The second kappa shape index (κ2) is 4.66. The monoisotopic (exact) mass is 210 g/mol. The summed E-state index contributed by atoms with van der Waals surface area (Å²) < 4.78 is 13.8. The van der Waals surface area contributed by atoms with E-state index < -0.39 is 0 Å². The molecule has 4 nitrogen and oxygen atoms in total. The number of rotatable bonds is 2. The average molecular weight is 210 g/mol. The molecule has 0 fully saturated rings. The first kappa shape index (κ1) is 10.6. The Balaban J connectivity index is 3.05. The first-order valence-electron chi connectivity index (χ1n) is 3.97.